The number of aromatic nitrogens is 1. The van der Waals surface area contributed by atoms with Crippen LogP contribution in [-0.4, -0.2) is 43.4 Å². The number of allylic oxidation sites excluding steroid dienone is 1. The van der Waals surface area contributed by atoms with Gasteiger partial charge in [0.15, 0.2) is 4.80 Å². The van der Waals surface area contributed by atoms with Crippen molar-refractivity contribution in [3.63, 3.8) is 0 Å². The molecule has 0 fully saturated rings. The van der Waals surface area contributed by atoms with Crippen molar-refractivity contribution in [2.45, 2.75) is 59.6 Å². The van der Waals surface area contributed by atoms with Gasteiger partial charge in [0.25, 0.3) is 5.56 Å². The van der Waals surface area contributed by atoms with Gasteiger partial charge in [-0.15, -0.1) is 0 Å². The number of rotatable bonds is 11. The first-order chi connectivity index (χ1) is 22.6. The summed E-state index contributed by atoms with van der Waals surface area (Å²) in [7, 11) is 3.09. The molecule has 0 spiro atoms. The topological polar surface area (TPSA) is 119 Å². The number of carbonyl (C=O) groups excluding carboxylic acids is 2. The predicted molar refractivity (Wildman–Crippen MR) is 179 cm³/mol. The van der Waals surface area contributed by atoms with Crippen LogP contribution in [0.5, 0.6) is 11.5 Å². The number of thiazole rings is 1. The van der Waals surface area contributed by atoms with E-state index in [1.165, 1.54) is 23.0 Å². The molecule has 2 aromatic heterocycles. The summed E-state index contributed by atoms with van der Waals surface area (Å²) >= 11 is 1.21. The van der Waals surface area contributed by atoms with E-state index in [1.54, 1.807) is 70.4 Å². The molecule has 0 bridgehead atoms. The van der Waals surface area contributed by atoms with Gasteiger partial charge in [0.1, 0.15) is 29.1 Å². The molecule has 10 nitrogen and oxygen atoms in total. The number of ether oxygens (including phenoxy) is 4. The highest BCUT2D eigenvalue weighted by atomic mass is 32.1. The zero-order valence-corrected chi connectivity index (χ0v) is 28.4. The molecule has 1 aliphatic heterocycles. The molecule has 0 saturated carbocycles. The smallest absolute Gasteiger partial charge is 0.338 e. The van der Waals surface area contributed by atoms with Crippen LogP contribution in [-0.2, 0) is 14.3 Å². The van der Waals surface area contributed by atoms with Gasteiger partial charge in [-0.05, 0) is 82.1 Å². The highest BCUT2D eigenvalue weighted by Crippen LogP contribution is 2.39. The van der Waals surface area contributed by atoms with Crippen LogP contribution in [0.25, 0.3) is 17.4 Å². The van der Waals surface area contributed by atoms with Gasteiger partial charge in [-0.3, -0.25) is 9.36 Å². The molecule has 4 aromatic rings. The van der Waals surface area contributed by atoms with E-state index in [-0.39, 0.29) is 29.8 Å². The summed E-state index contributed by atoms with van der Waals surface area (Å²) in [5.41, 5.74) is 3.18. The van der Waals surface area contributed by atoms with E-state index in [1.807, 2.05) is 26.0 Å². The lowest BCUT2D eigenvalue weighted by atomic mass is 9.93. The van der Waals surface area contributed by atoms with Crippen LogP contribution in [0.1, 0.15) is 73.8 Å². The van der Waals surface area contributed by atoms with Crippen LogP contribution in [0.3, 0.4) is 0 Å². The van der Waals surface area contributed by atoms with Crippen LogP contribution in [0.2, 0.25) is 0 Å². The quantitative estimate of drug-likeness (QED) is 0.188. The summed E-state index contributed by atoms with van der Waals surface area (Å²) in [6.45, 7) is 9.41. The highest BCUT2D eigenvalue weighted by molar-refractivity contribution is 7.07. The number of nitrogens with zero attached hydrogens (tertiary/aromatic N) is 2. The Hall–Kier alpha value is -4.90. The first-order valence-corrected chi connectivity index (χ1v) is 16.3. The van der Waals surface area contributed by atoms with Gasteiger partial charge in [-0.25, -0.2) is 14.6 Å². The zero-order valence-electron chi connectivity index (χ0n) is 27.5. The Labute approximate surface area is 276 Å². The third kappa shape index (κ3) is 6.80. The fourth-order valence-corrected chi connectivity index (χ4v) is 6.52. The van der Waals surface area contributed by atoms with Crippen LogP contribution >= 0.6 is 11.3 Å². The minimum atomic E-state index is -0.866. The number of furan rings is 1. The van der Waals surface area contributed by atoms with Crippen molar-refractivity contribution < 1.29 is 33.0 Å². The Morgan fingerprint density at radius 2 is 1.83 bits per heavy atom. The summed E-state index contributed by atoms with van der Waals surface area (Å²) in [5, 5.41) is 0. The van der Waals surface area contributed by atoms with Crippen molar-refractivity contribution in [2.75, 3.05) is 20.8 Å². The molecule has 3 heterocycles. The van der Waals surface area contributed by atoms with Crippen molar-refractivity contribution in [1.29, 1.82) is 0 Å². The van der Waals surface area contributed by atoms with E-state index in [0.717, 1.165) is 17.5 Å². The molecule has 5 rings (SSSR count). The number of esters is 2. The van der Waals surface area contributed by atoms with Crippen molar-refractivity contribution in [3.8, 4) is 22.8 Å². The van der Waals surface area contributed by atoms with Crippen molar-refractivity contribution in [2.24, 2.45) is 4.99 Å². The van der Waals surface area contributed by atoms with Crippen molar-refractivity contribution >= 4 is 29.4 Å². The van der Waals surface area contributed by atoms with Crippen molar-refractivity contribution in [1.82, 2.24) is 4.57 Å². The van der Waals surface area contributed by atoms with Gasteiger partial charge in [0.05, 0.1) is 48.3 Å². The Morgan fingerprint density at radius 1 is 1.04 bits per heavy atom. The molecule has 0 unspecified atom stereocenters. The second-order valence-corrected chi connectivity index (χ2v) is 12.2. The Kier molecular flexibility index (Phi) is 10.1. The summed E-state index contributed by atoms with van der Waals surface area (Å²) in [5.74, 6) is 1.14. The number of hydrogen-bond acceptors (Lipinski definition) is 10. The van der Waals surface area contributed by atoms with Gasteiger partial charge in [-0.1, -0.05) is 30.7 Å². The molecule has 1 aliphatic rings. The zero-order chi connectivity index (χ0) is 33.8. The van der Waals surface area contributed by atoms with E-state index < -0.39 is 12.0 Å². The molecule has 0 N–H and O–H groups in total. The third-order valence-corrected chi connectivity index (χ3v) is 8.58. The van der Waals surface area contributed by atoms with Crippen LogP contribution in [0.4, 0.5) is 0 Å². The van der Waals surface area contributed by atoms with E-state index in [2.05, 4.69) is 0 Å². The summed E-state index contributed by atoms with van der Waals surface area (Å²) in [6, 6.07) is 13.3. The largest absolute Gasteiger partial charge is 0.497 e. The summed E-state index contributed by atoms with van der Waals surface area (Å²) in [6.07, 6.45) is 2.69. The monoisotopic (exact) mass is 658 g/mol. The fraction of sp³-hybridized carbons (Fsp3) is 0.333. The number of hydrogen-bond donors (Lipinski definition) is 0. The minimum Gasteiger partial charge on any atom is -0.497 e. The first-order valence-electron chi connectivity index (χ1n) is 15.5. The molecule has 11 heteroatoms. The SMILES string of the molecule is CCCC1=C(C(=O)OCC)[C@@H](c2cc(OC)ccc2OC)n2c(s/c(=C\c3ccc(-c4ccc(C(=O)OC(C)C)cc4C)o3)c2=O)=N1. The maximum atomic E-state index is 14.2. The van der Waals surface area contributed by atoms with Crippen LogP contribution in [0.15, 0.2) is 74.0 Å². The lowest BCUT2D eigenvalue weighted by Gasteiger charge is -2.27. The second kappa shape index (κ2) is 14.3. The average molecular weight is 659 g/mol. The van der Waals surface area contributed by atoms with E-state index in [9.17, 15) is 14.4 Å². The lowest BCUT2D eigenvalue weighted by molar-refractivity contribution is -0.139. The van der Waals surface area contributed by atoms with Gasteiger partial charge >= 0.3 is 11.9 Å². The third-order valence-electron chi connectivity index (χ3n) is 7.59. The number of carbonyl (C=O) groups is 2. The molecule has 2 aromatic carbocycles. The van der Waals surface area contributed by atoms with Gasteiger partial charge in [0.2, 0.25) is 0 Å². The van der Waals surface area contributed by atoms with E-state index in [0.29, 0.717) is 55.6 Å². The Morgan fingerprint density at radius 3 is 2.49 bits per heavy atom. The maximum Gasteiger partial charge on any atom is 0.338 e. The Balaban J connectivity index is 1.63. The number of benzene rings is 2. The standard InChI is InChI=1S/C36H38N2O8S/c1-8-10-27-31(35(41)44-9-2)32(26-18-23(42-6)12-15-28(26)43-7)38-33(39)30(47-36(38)37-27)19-24-13-16-29(46-24)25-14-11-22(17-21(25)5)34(40)45-20(3)4/h11-20,32H,8-10H2,1-7H3/b30-19-/t32-/m1/s1. The Bertz CT molecular complexity index is 2030. The van der Waals surface area contributed by atoms with E-state index in [4.69, 9.17) is 28.4 Å². The van der Waals surface area contributed by atoms with E-state index >= 15 is 0 Å². The fourth-order valence-electron chi connectivity index (χ4n) is 5.52. The molecule has 0 aliphatic carbocycles. The molecule has 0 amide bonds. The second-order valence-electron chi connectivity index (χ2n) is 11.2. The lowest BCUT2D eigenvalue weighted by Crippen LogP contribution is -2.40. The normalized spacial score (nSPS) is 14.6. The maximum absolute atomic E-state index is 14.2. The summed E-state index contributed by atoms with van der Waals surface area (Å²) in [4.78, 5) is 45.4. The number of methoxy groups -OCH3 is 2. The molecule has 47 heavy (non-hydrogen) atoms. The molecule has 0 saturated heterocycles. The van der Waals surface area contributed by atoms with Gasteiger partial charge < -0.3 is 23.4 Å². The molecule has 246 valence electrons. The van der Waals surface area contributed by atoms with Gasteiger partial charge in [0, 0.05) is 17.2 Å². The summed E-state index contributed by atoms with van der Waals surface area (Å²) < 4.78 is 30.1. The average Bonchev–Trinajstić information content (AvgIpc) is 3.63. The van der Waals surface area contributed by atoms with Crippen molar-refractivity contribution in [3.05, 3.63) is 102 Å². The molecular formula is C36H38N2O8S. The minimum absolute atomic E-state index is 0.166. The molecule has 0 radical (unpaired) electrons. The highest BCUT2D eigenvalue weighted by Gasteiger charge is 2.36. The number of fused-ring (bicyclic) bond motifs is 1. The predicted octanol–water partition coefficient (Wildman–Crippen LogP) is 5.73. The van der Waals surface area contributed by atoms with Gasteiger partial charge in [-0.2, -0.15) is 0 Å². The molecule has 1 atom stereocenters. The van der Waals surface area contributed by atoms with Crippen LogP contribution in [0, 0.1) is 6.92 Å². The molecular weight excluding hydrogens is 620 g/mol. The van der Waals surface area contributed by atoms with Crippen LogP contribution < -0.4 is 24.4 Å². The number of aryl methyl sites for hydroxylation is 1. The first kappa shape index (κ1) is 33.5.